The fraction of sp³-hybridized carbons (Fsp3) is 0.476. The van der Waals surface area contributed by atoms with Crippen LogP contribution >= 0.6 is 11.3 Å². The van der Waals surface area contributed by atoms with Gasteiger partial charge >= 0.3 is 10.8 Å². The summed E-state index contributed by atoms with van der Waals surface area (Å²) in [6.07, 6.45) is 2.09. The summed E-state index contributed by atoms with van der Waals surface area (Å²) in [5, 5.41) is 1.70. The number of hydrogen-bond acceptors (Lipinski definition) is 5. The Hall–Kier alpha value is -2.41. The molecule has 1 aromatic carbocycles. The topological polar surface area (TPSA) is 68.6 Å². The molecule has 0 N–H and O–H groups in total. The van der Waals surface area contributed by atoms with Gasteiger partial charge in [-0.1, -0.05) is 41.7 Å². The molecule has 2 aromatic rings. The van der Waals surface area contributed by atoms with Crippen LogP contribution in [0.1, 0.15) is 31.0 Å². The van der Waals surface area contributed by atoms with Gasteiger partial charge in [-0.3, -0.25) is 19.0 Å². The summed E-state index contributed by atoms with van der Waals surface area (Å²) < 4.78 is 6.65. The zero-order valence-corrected chi connectivity index (χ0v) is 17.1. The molecule has 28 heavy (non-hydrogen) atoms. The van der Waals surface area contributed by atoms with E-state index in [1.807, 2.05) is 6.07 Å². The molecule has 1 amide bonds. The highest BCUT2D eigenvalue weighted by Crippen LogP contribution is 2.22. The van der Waals surface area contributed by atoms with E-state index in [2.05, 4.69) is 24.3 Å². The number of aryl methyl sites for hydroxylation is 1. The predicted molar refractivity (Wildman–Crippen MR) is 108 cm³/mol. The predicted octanol–water partition coefficient (Wildman–Crippen LogP) is 2.63. The second kappa shape index (κ2) is 9.19. The van der Waals surface area contributed by atoms with Gasteiger partial charge in [0.1, 0.15) is 6.54 Å². The second-order valence-electron chi connectivity index (χ2n) is 7.32. The summed E-state index contributed by atoms with van der Waals surface area (Å²) in [7, 11) is 0. The quantitative estimate of drug-likeness (QED) is 0.697. The van der Waals surface area contributed by atoms with Gasteiger partial charge in [-0.2, -0.15) is 0 Å². The highest BCUT2D eigenvalue weighted by Gasteiger charge is 2.28. The van der Waals surface area contributed by atoms with E-state index >= 15 is 0 Å². The maximum absolute atomic E-state index is 12.6. The summed E-state index contributed by atoms with van der Waals surface area (Å²) in [6, 6.07) is 10.4. The minimum atomic E-state index is -0.840. The van der Waals surface area contributed by atoms with Crippen LogP contribution in [0.3, 0.4) is 0 Å². The standard InChI is InChI=1S/C21H26N2O4S/c1-15-14-28-21(26)23(15)13-19(24)27-16(2)20(25)22-10-8-18(9-11-22)12-17-6-4-3-5-7-17/h3-7,14,16,18H,8-13H2,1-2H3/t16-/m1/s1. The molecule has 0 radical (unpaired) electrons. The van der Waals surface area contributed by atoms with Gasteiger partial charge in [0.05, 0.1) is 0 Å². The van der Waals surface area contributed by atoms with Crippen LogP contribution in [0.5, 0.6) is 0 Å². The van der Waals surface area contributed by atoms with E-state index in [-0.39, 0.29) is 17.3 Å². The van der Waals surface area contributed by atoms with Crippen molar-refractivity contribution in [1.29, 1.82) is 0 Å². The minimum Gasteiger partial charge on any atom is -0.451 e. The number of carbonyl (C=O) groups excluding carboxylic acids is 2. The summed E-state index contributed by atoms with van der Waals surface area (Å²) in [4.78, 5) is 38.0. The van der Waals surface area contributed by atoms with E-state index in [1.165, 1.54) is 10.1 Å². The molecule has 1 aromatic heterocycles. The molecule has 7 heteroatoms. The number of hydrogen-bond donors (Lipinski definition) is 0. The van der Waals surface area contributed by atoms with E-state index in [9.17, 15) is 14.4 Å². The fourth-order valence-corrected chi connectivity index (χ4v) is 4.31. The Balaban J connectivity index is 1.46. The molecular formula is C21H26N2O4S. The van der Waals surface area contributed by atoms with Crippen LogP contribution in [0.2, 0.25) is 0 Å². The Kier molecular flexibility index (Phi) is 6.67. The average molecular weight is 403 g/mol. The van der Waals surface area contributed by atoms with E-state index in [1.54, 1.807) is 24.1 Å². The van der Waals surface area contributed by atoms with Crippen molar-refractivity contribution < 1.29 is 14.3 Å². The molecule has 6 nitrogen and oxygen atoms in total. The molecule has 0 bridgehead atoms. The summed E-state index contributed by atoms with van der Waals surface area (Å²) >= 11 is 1.05. The number of aromatic nitrogens is 1. The Morgan fingerprint density at radius 2 is 1.89 bits per heavy atom. The largest absolute Gasteiger partial charge is 0.451 e. The van der Waals surface area contributed by atoms with Crippen LogP contribution in [0, 0.1) is 12.8 Å². The maximum Gasteiger partial charge on any atom is 0.326 e. The molecule has 0 saturated carbocycles. The van der Waals surface area contributed by atoms with Crippen molar-refractivity contribution in [3.8, 4) is 0 Å². The van der Waals surface area contributed by atoms with Gasteiger partial charge in [0, 0.05) is 24.2 Å². The average Bonchev–Trinajstić information content (AvgIpc) is 3.00. The monoisotopic (exact) mass is 402 g/mol. The number of amides is 1. The zero-order chi connectivity index (χ0) is 20.1. The molecule has 150 valence electrons. The number of esters is 1. The van der Waals surface area contributed by atoms with Gasteiger partial charge in [-0.05, 0) is 44.6 Å². The SMILES string of the molecule is Cc1csc(=O)n1CC(=O)O[C@H](C)C(=O)N1CCC(Cc2ccccc2)CC1. The molecule has 1 aliphatic heterocycles. The fourth-order valence-electron chi connectivity index (χ4n) is 3.57. The normalized spacial score (nSPS) is 16.0. The van der Waals surface area contributed by atoms with E-state index in [4.69, 9.17) is 4.74 Å². The van der Waals surface area contributed by atoms with Crippen molar-refractivity contribution in [2.45, 2.75) is 45.8 Å². The highest BCUT2D eigenvalue weighted by molar-refractivity contribution is 7.07. The molecule has 0 aliphatic carbocycles. The highest BCUT2D eigenvalue weighted by atomic mass is 32.1. The van der Waals surface area contributed by atoms with Crippen LogP contribution in [0.15, 0.2) is 40.5 Å². The molecule has 1 atom stereocenters. The number of carbonyl (C=O) groups is 2. The van der Waals surface area contributed by atoms with Gasteiger partial charge in [0.2, 0.25) is 0 Å². The third-order valence-corrected chi connectivity index (χ3v) is 6.09. The number of piperidine rings is 1. The number of likely N-dealkylation sites (tertiary alicyclic amines) is 1. The van der Waals surface area contributed by atoms with Crippen molar-refractivity contribution in [3.05, 3.63) is 56.6 Å². The number of benzene rings is 1. The first-order chi connectivity index (χ1) is 13.4. The molecular weight excluding hydrogens is 376 g/mol. The molecule has 1 aliphatic rings. The van der Waals surface area contributed by atoms with E-state index < -0.39 is 12.1 Å². The van der Waals surface area contributed by atoms with Crippen LogP contribution in [-0.2, 0) is 27.3 Å². The summed E-state index contributed by atoms with van der Waals surface area (Å²) in [5.74, 6) is -0.165. The molecule has 2 heterocycles. The number of ether oxygens (including phenoxy) is 1. The van der Waals surface area contributed by atoms with Crippen molar-refractivity contribution in [1.82, 2.24) is 9.47 Å². The van der Waals surface area contributed by atoms with Gasteiger partial charge in [0.25, 0.3) is 5.91 Å². The number of nitrogens with zero attached hydrogens (tertiary/aromatic N) is 2. The first kappa shape index (κ1) is 20.3. The Morgan fingerprint density at radius 3 is 2.50 bits per heavy atom. The number of rotatable bonds is 6. The lowest BCUT2D eigenvalue weighted by Crippen LogP contribution is -2.44. The van der Waals surface area contributed by atoms with Crippen LogP contribution in [-0.4, -0.2) is 40.5 Å². The molecule has 1 fully saturated rings. The zero-order valence-electron chi connectivity index (χ0n) is 16.3. The molecule has 3 rings (SSSR count). The minimum absolute atomic E-state index is 0.162. The second-order valence-corrected chi connectivity index (χ2v) is 8.14. The van der Waals surface area contributed by atoms with Gasteiger partial charge in [-0.25, -0.2) is 0 Å². The van der Waals surface area contributed by atoms with Crippen molar-refractivity contribution in [2.75, 3.05) is 13.1 Å². The summed E-state index contributed by atoms with van der Waals surface area (Å²) in [5.41, 5.74) is 2.04. The van der Waals surface area contributed by atoms with Crippen LogP contribution in [0.4, 0.5) is 0 Å². The Morgan fingerprint density at radius 1 is 1.21 bits per heavy atom. The van der Waals surface area contributed by atoms with Crippen LogP contribution in [0.25, 0.3) is 0 Å². The van der Waals surface area contributed by atoms with E-state index in [0.29, 0.717) is 24.7 Å². The third-order valence-electron chi connectivity index (χ3n) is 5.21. The molecule has 0 unspecified atom stereocenters. The molecule has 1 saturated heterocycles. The van der Waals surface area contributed by atoms with Gasteiger partial charge in [-0.15, -0.1) is 0 Å². The van der Waals surface area contributed by atoms with E-state index in [0.717, 1.165) is 30.6 Å². The van der Waals surface area contributed by atoms with Gasteiger partial charge in [0.15, 0.2) is 6.10 Å². The molecule has 0 spiro atoms. The van der Waals surface area contributed by atoms with Crippen molar-refractivity contribution in [2.24, 2.45) is 5.92 Å². The van der Waals surface area contributed by atoms with Crippen LogP contribution < -0.4 is 4.87 Å². The summed E-state index contributed by atoms with van der Waals surface area (Å²) in [6.45, 7) is 4.56. The Bertz CT molecular complexity index is 866. The first-order valence-corrected chi connectivity index (χ1v) is 10.5. The lowest BCUT2D eigenvalue weighted by atomic mass is 9.90. The lowest BCUT2D eigenvalue weighted by molar-refractivity contribution is -0.160. The lowest BCUT2D eigenvalue weighted by Gasteiger charge is -2.33. The first-order valence-electron chi connectivity index (χ1n) is 9.61. The number of thiazole rings is 1. The Labute approximate surface area is 168 Å². The van der Waals surface area contributed by atoms with Crippen molar-refractivity contribution >= 4 is 23.2 Å². The van der Waals surface area contributed by atoms with Gasteiger partial charge < -0.3 is 9.64 Å². The van der Waals surface area contributed by atoms with Crippen molar-refractivity contribution in [3.63, 3.8) is 0 Å². The third kappa shape index (κ3) is 5.10. The smallest absolute Gasteiger partial charge is 0.326 e. The maximum atomic E-state index is 12.6.